The molecule has 1 aliphatic rings. The van der Waals surface area contributed by atoms with Crippen LogP contribution in [0.1, 0.15) is 25.3 Å². The summed E-state index contributed by atoms with van der Waals surface area (Å²) in [5, 5.41) is 0. The molecule has 1 nitrogen and oxygen atoms in total. The van der Waals surface area contributed by atoms with Crippen molar-refractivity contribution in [2.45, 2.75) is 39.3 Å². The first kappa shape index (κ1) is 12.0. The summed E-state index contributed by atoms with van der Waals surface area (Å²) in [6.45, 7) is 4.30. The van der Waals surface area contributed by atoms with Crippen molar-refractivity contribution >= 4 is 22.6 Å². The van der Waals surface area contributed by atoms with Gasteiger partial charge in [0.15, 0.2) is 0 Å². The fourth-order valence-corrected chi connectivity index (χ4v) is 5.24. The Morgan fingerprint density at radius 3 is 2.50 bits per heavy atom. The highest BCUT2D eigenvalue weighted by molar-refractivity contribution is 8.01. The van der Waals surface area contributed by atoms with Crippen LogP contribution in [0.5, 0.6) is 0 Å². The maximum Gasteiger partial charge on any atom is 0.0875 e. The minimum atomic E-state index is -1.04. The first-order valence-electron chi connectivity index (χ1n) is 6.00. The quantitative estimate of drug-likeness (QED) is 0.652. The van der Waals surface area contributed by atoms with Crippen molar-refractivity contribution in [3.8, 4) is 0 Å². The zero-order chi connectivity index (χ0) is 12.7. The van der Waals surface area contributed by atoms with Gasteiger partial charge in [-0.25, -0.2) is 4.21 Å². The first-order chi connectivity index (χ1) is 8.68. The number of fused-ring (bicyclic) bond motifs is 2. The lowest BCUT2D eigenvalue weighted by atomic mass is 10.0. The third kappa shape index (κ3) is 1.82. The summed E-state index contributed by atoms with van der Waals surface area (Å²) < 4.78 is 12.7. The van der Waals surface area contributed by atoms with E-state index in [0.29, 0.717) is 5.92 Å². The van der Waals surface area contributed by atoms with Crippen molar-refractivity contribution in [3.05, 3.63) is 48.0 Å². The molecule has 0 saturated carbocycles. The minimum Gasteiger partial charge on any atom is -0.249 e. The van der Waals surface area contributed by atoms with Gasteiger partial charge in [-0.3, -0.25) is 0 Å². The van der Waals surface area contributed by atoms with Crippen LogP contribution in [-0.2, 0) is 10.8 Å². The summed E-state index contributed by atoms with van der Waals surface area (Å²) in [7, 11) is -1.04. The van der Waals surface area contributed by atoms with Crippen LogP contribution in [0.25, 0.3) is 0 Å². The van der Waals surface area contributed by atoms with Crippen LogP contribution in [0.2, 0.25) is 0 Å². The Kier molecular flexibility index (Phi) is 3.04. The Labute approximate surface area is 114 Å². The zero-order valence-corrected chi connectivity index (χ0v) is 12.0. The molecule has 3 rings (SSSR count). The lowest BCUT2D eigenvalue weighted by molar-refractivity contribution is 0.675. The van der Waals surface area contributed by atoms with Gasteiger partial charge in [-0.1, -0.05) is 49.9 Å². The average molecular weight is 274 g/mol. The van der Waals surface area contributed by atoms with Gasteiger partial charge in [-0.2, -0.15) is 0 Å². The third-order valence-corrected chi connectivity index (χ3v) is 6.06. The maximum absolute atomic E-state index is 12.7. The smallest absolute Gasteiger partial charge is 0.0875 e. The molecule has 0 aromatic heterocycles. The van der Waals surface area contributed by atoms with Crippen LogP contribution >= 0.6 is 11.8 Å². The molecule has 1 aliphatic heterocycles. The van der Waals surface area contributed by atoms with Crippen LogP contribution in [0.4, 0.5) is 0 Å². The lowest BCUT2D eigenvalue weighted by Gasteiger charge is -2.22. The Morgan fingerprint density at radius 1 is 1.00 bits per heavy atom. The summed E-state index contributed by atoms with van der Waals surface area (Å²) >= 11 is 1.72. The van der Waals surface area contributed by atoms with E-state index in [0.717, 1.165) is 19.6 Å². The van der Waals surface area contributed by atoms with E-state index in [9.17, 15) is 4.21 Å². The predicted molar refractivity (Wildman–Crippen MR) is 75.8 cm³/mol. The lowest BCUT2D eigenvalue weighted by Crippen LogP contribution is -2.06. The molecule has 0 fully saturated rings. The largest absolute Gasteiger partial charge is 0.249 e. The summed E-state index contributed by atoms with van der Waals surface area (Å²) in [6.07, 6.45) is 0. The van der Waals surface area contributed by atoms with Crippen LogP contribution < -0.4 is 0 Å². The molecule has 2 aromatic rings. The Hall–Kier alpha value is -1.06. The Balaban J connectivity index is 2.23. The van der Waals surface area contributed by atoms with E-state index in [1.165, 1.54) is 5.56 Å². The standard InChI is InChI=1S/C15H14OS2/c1-10(2)11-6-5-8-13-15(11)18(16)14-9-4-3-7-12(14)17-13/h3-10H,1-2H3. The molecule has 0 radical (unpaired) electrons. The molecule has 3 heteroatoms. The van der Waals surface area contributed by atoms with Gasteiger partial charge in [-0.05, 0) is 29.7 Å². The van der Waals surface area contributed by atoms with Crippen molar-refractivity contribution in [3.63, 3.8) is 0 Å². The summed E-state index contributed by atoms with van der Waals surface area (Å²) in [6, 6.07) is 14.2. The van der Waals surface area contributed by atoms with E-state index in [4.69, 9.17) is 0 Å². The van der Waals surface area contributed by atoms with Crippen molar-refractivity contribution in [1.29, 1.82) is 0 Å². The normalized spacial score (nSPS) is 17.4. The molecule has 0 amide bonds. The molecule has 92 valence electrons. The van der Waals surface area contributed by atoms with Crippen LogP contribution in [0.3, 0.4) is 0 Å². The SMILES string of the molecule is CC(C)c1cccc2c1S(=O)c1ccccc1S2. The molecular formula is C15H14OS2. The van der Waals surface area contributed by atoms with E-state index in [1.807, 2.05) is 24.3 Å². The van der Waals surface area contributed by atoms with E-state index in [1.54, 1.807) is 11.8 Å². The zero-order valence-electron chi connectivity index (χ0n) is 10.3. The molecule has 18 heavy (non-hydrogen) atoms. The highest BCUT2D eigenvalue weighted by atomic mass is 32.2. The Morgan fingerprint density at radius 2 is 1.72 bits per heavy atom. The molecule has 0 saturated heterocycles. The molecule has 1 atom stereocenters. The molecular weight excluding hydrogens is 260 g/mol. The topological polar surface area (TPSA) is 17.1 Å². The van der Waals surface area contributed by atoms with Crippen LogP contribution in [-0.4, -0.2) is 4.21 Å². The minimum absolute atomic E-state index is 0.398. The second kappa shape index (κ2) is 4.56. The van der Waals surface area contributed by atoms with Gasteiger partial charge >= 0.3 is 0 Å². The van der Waals surface area contributed by atoms with Crippen molar-refractivity contribution < 1.29 is 4.21 Å². The van der Waals surface area contributed by atoms with E-state index < -0.39 is 10.8 Å². The average Bonchev–Trinajstić information content (AvgIpc) is 2.38. The monoisotopic (exact) mass is 274 g/mol. The third-order valence-electron chi connectivity index (χ3n) is 3.09. The van der Waals surface area contributed by atoms with Crippen molar-refractivity contribution in [2.75, 3.05) is 0 Å². The highest BCUT2D eigenvalue weighted by Gasteiger charge is 2.25. The number of benzene rings is 2. The number of hydrogen-bond acceptors (Lipinski definition) is 2. The van der Waals surface area contributed by atoms with Gasteiger partial charge in [0, 0.05) is 9.79 Å². The number of rotatable bonds is 1. The summed E-state index contributed by atoms with van der Waals surface area (Å²) in [5.41, 5.74) is 1.20. The van der Waals surface area contributed by atoms with Gasteiger partial charge in [0.1, 0.15) is 0 Å². The van der Waals surface area contributed by atoms with E-state index >= 15 is 0 Å². The summed E-state index contributed by atoms with van der Waals surface area (Å²) in [5.74, 6) is 0.398. The van der Waals surface area contributed by atoms with Gasteiger partial charge in [0.25, 0.3) is 0 Å². The summed E-state index contributed by atoms with van der Waals surface area (Å²) in [4.78, 5) is 4.21. The Bertz CT molecular complexity index is 632. The fourth-order valence-electron chi connectivity index (χ4n) is 2.18. The van der Waals surface area contributed by atoms with Gasteiger partial charge in [0.05, 0.1) is 20.6 Å². The van der Waals surface area contributed by atoms with E-state index in [2.05, 4.69) is 32.0 Å². The van der Waals surface area contributed by atoms with Crippen molar-refractivity contribution in [1.82, 2.24) is 0 Å². The molecule has 0 bridgehead atoms. The number of hydrogen-bond donors (Lipinski definition) is 0. The van der Waals surface area contributed by atoms with Gasteiger partial charge < -0.3 is 0 Å². The molecule has 0 N–H and O–H groups in total. The molecule has 1 heterocycles. The van der Waals surface area contributed by atoms with E-state index in [-0.39, 0.29) is 0 Å². The fraction of sp³-hybridized carbons (Fsp3) is 0.200. The van der Waals surface area contributed by atoms with Gasteiger partial charge in [-0.15, -0.1) is 0 Å². The predicted octanol–water partition coefficient (Wildman–Crippen LogP) is 4.44. The highest BCUT2D eigenvalue weighted by Crippen LogP contribution is 2.44. The van der Waals surface area contributed by atoms with Gasteiger partial charge in [0.2, 0.25) is 0 Å². The van der Waals surface area contributed by atoms with Crippen LogP contribution in [0, 0.1) is 0 Å². The second-order valence-corrected chi connectivity index (χ2v) is 7.12. The molecule has 2 aromatic carbocycles. The van der Waals surface area contributed by atoms with Crippen molar-refractivity contribution in [2.24, 2.45) is 0 Å². The molecule has 0 aliphatic carbocycles. The second-order valence-electron chi connectivity index (χ2n) is 4.65. The maximum atomic E-state index is 12.7. The first-order valence-corrected chi connectivity index (χ1v) is 7.96. The van der Waals surface area contributed by atoms with Crippen LogP contribution in [0.15, 0.2) is 62.0 Å². The molecule has 1 unspecified atom stereocenters. The molecule has 0 spiro atoms.